The van der Waals surface area contributed by atoms with Crippen LogP contribution in [0.2, 0.25) is 0 Å². The van der Waals surface area contributed by atoms with Crippen molar-refractivity contribution in [3.63, 3.8) is 0 Å². The molecule has 154 valence electrons. The lowest BCUT2D eigenvalue weighted by molar-refractivity contribution is 0.0977. The normalized spacial score (nSPS) is 13.0. The Bertz CT molecular complexity index is 1010. The van der Waals surface area contributed by atoms with Gasteiger partial charge in [-0.25, -0.2) is 4.39 Å². The van der Waals surface area contributed by atoms with E-state index < -0.39 is 0 Å². The Hall–Kier alpha value is -2.91. The van der Waals surface area contributed by atoms with E-state index in [-0.39, 0.29) is 24.0 Å². The molecule has 0 fully saturated rings. The van der Waals surface area contributed by atoms with Gasteiger partial charge in [0.15, 0.2) is 5.78 Å². The molecule has 0 spiro atoms. The van der Waals surface area contributed by atoms with E-state index in [0.29, 0.717) is 12.0 Å². The van der Waals surface area contributed by atoms with Crippen LogP contribution in [0.5, 0.6) is 0 Å². The summed E-state index contributed by atoms with van der Waals surface area (Å²) in [5.41, 5.74) is 5.64. The van der Waals surface area contributed by atoms with Crippen molar-refractivity contribution in [2.24, 2.45) is 0 Å². The van der Waals surface area contributed by atoms with Crippen molar-refractivity contribution >= 4 is 23.8 Å². The summed E-state index contributed by atoms with van der Waals surface area (Å²) in [6.07, 6.45) is 4.45. The molecule has 1 heterocycles. The predicted molar refractivity (Wildman–Crippen MR) is 122 cm³/mol. The van der Waals surface area contributed by atoms with Gasteiger partial charge in [0.05, 0.1) is 0 Å². The van der Waals surface area contributed by atoms with Gasteiger partial charge in [0, 0.05) is 36.8 Å². The maximum atomic E-state index is 13.0. The van der Waals surface area contributed by atoms with E-state index >= 15 is 0 Å². The summed E-state index contributed by atoms with van der Waals surface area (Å²) >= 11 is 0. The zero-order valence-corrected chi connectivity index (χ0v) is 17.6. The zero-order valence-electron chi connectivity index (χ0n) is 16.8. The number of carbonyl (C=O) groups is 1. The maximum Gasteiger partial charge on any atom is 0.162 e. The monoisotopic (exact) mass is 421 g/mol. The molecule has 0 N–H and O–H groups in total. The second-order valence-electron chi connectivity index (χ2n) is 7.39. The third kappa shape index (κ3) is 5.17. The summed E-state index contributed by atoms with van der Waals surface area (Å²) in [5, 5.41) is 0. The minimum atomic E-state index is -0.315. The molecule has 0 aromatic heterocycles. The summed E-state index contributed by atoms with van der Waals surface area (Å²) in [7, 11) is 0. The Kier molecular flexibility index (Phi) is 7.42. The van der Waals surface area contributed by atoms with Crippen LogP contribution < -0.4 is 0 Å². The first-order valence-corrected chi connectivity index (χ1v) is 10.1. The van der Waals surface area contributed by atoms with E-state index in [0.717, 1.165) is 25.9 Å². The third-order valence-corrected chi connectivity index (χ3v) is 5.39. The van der Waals surface area contributed by atoms with Gasteiger partial charge >= 0.3 is 0 Å². The fourth-order valence-electron chi connectivity index (χ4n) is 3.83. The highest BCUT2D eigenvalue weighted by Crippen LogP contribution is 2.29. The summed E-state index contributed by atoms with van der Waals surface area (Å²) in [4.78, 5) is 14.7. The first-order chi connectivity index (χ1) is 14.2. The van der Waals surface area contributed by atoms with Crippen molar-refractivity contribution in [1.82, 2.24) is 4.90 Å². The molecule has 0 saturated heterocycles. The van der Waals surface area contributed by atoms with Crippen molar-refractivity contribution in [2.45, 2.75) is 19.3 Å². The smallest absolute Gasteiger partial charge is 0.162 e. The van der Waals surface area contributed by atoms with Gasteiger partial charge in [0.25, 0.3) is 0 Å². The van der Waals surface area contributed by atoms with E-state index in [2.05, 4.69) is 59.6 Å². The van der Waals surface area contributed by atoms with Crippen LogP contribution in [0.4, 0.5) is 4.39 Å². The molecule has 0 radical (unpaired) electrons. The predicted octanol–water partition coefficient (Wildman–Crippen LogP) is 6.16. The average Bonchev–Trinajstić information content (AvgIpc) is 2.95. The van der Waals surface area contributed by atoms with E-state index in [4.69, 9.17) is 0 Å². The maximum absolute atomic E-state index is 13.0. The number of hydrogen-bond donors (Lipinski definition) is 0. The lowest BCUT2D eigenvalue weighted by Crippen LogP contribution is -2.21. The first kappa shape index (κ1) is 21.8. The SMILES string of the molecule is Cl.O=C(CCCN1C=C(c2ccccc2)c2ccccc2CC1)c1ccc(F)cc1. The van der Waals surface area contributed by atoms with E-state index in [1.165, 1.54) is 34.4 Å². The van der Waals surface area contributed by atoms with Crippen LogP contribution in [0.15, 0.2) is 85.1 Å². The summed E-state index contributed by atoms with van der Waals surface area (Å²) < 4.78 is 13.0. The van der Waals surface area contributed by atoms with Gasteiger partial charge in [0.1, 0.15) is 5.82 Å². The minimum absolute atomic E-state index is 0. The number of carbonyl (C=O) groups excluding carboxylic acids is 1. The quantitative estimate of drug-likeness (QED) is 0.444. The zero-order chi connectivity index (χ0) is 20.1. The standard InChI is InChI=1S/C26H24FNO.ClH/c27-23-14-12-22(13-15-23)26(29)11-6-17-28-18-16-21-9-4-5-10-24(21)25(19-28)20-7-2-1-3-8-20;/h1-5,7-10,12-15,19H,6,11,16-18H2;1H. The van der Waals surface area contributed by atoms with E-state index in [1.54, 1.807) is 12.1 Å². The molecule has 0 atom stereocenters. The molecule has 0 aliphatic carbocycles. The van der Waals surface area contributed by atoms with Crippen LogP contribution in [-0.4, -0.2) is 23.8 Å². The fraction of sp³-hybridized carbons (Fsp3) is 0.192. The number of halogens is 2. The fourth-order valence-corrected chi connectivity index (χ4v) is 3.83. The second kappa shape index (κ2) is 10.2. The van der Waals surface area contributed by atoms with Crippen molar-refractivity contribution in [3.05, 3.63) is 113 Å². The van der Waals surface area contributed by atoms with Gasteiger partial charge in [-0.2, -0.15) is 0 Å². The summed E-state index contributed by atoms with van der Waals surface area (Å²) in [6.45, 7) is 1.75. The molecule has 0 amide bonds. The van der Waals surface area contributed by atoms with Crippen molar-refractivity contribution in [2.75, 3.05) is 13.1 Å². The largest absolute Gasteiger partial charge is 0.377 e. The Morgan fingerprint density at radius 3 is 2.37 bits per heavy atom. The lowest BCUT2D eigenvalue weighted by Gasteiger charge is -2.19. The van der Waals surface area contributed by atoms with Gasteiger partial charge in [-0.1, -0.05) is 54.6 Å². The van der Waals surface area contributed by atoms with Gasteiger partial charge in [-0.05, 0) is 53.8 Å². The van der Waals surface area contributed by atoms with E-state index in [1.807, 2.05) is 6.07 Å². The van der Waals surface area contributed by atoms with Gasteiger partial charge in [-0.3, -0.25) is 4.79 Å². The Morgan fingerprint density at radius 1 is 0.900 bits per heavy atom. The van der Waals surface area contributed by atoms with Crippen LogP contribution in [-0.2, 0) is 6.42 Å². The molecule has 3 aromatic carbocycles. The third-order valence-electron chi connectivity index (χ3n) is 5.39. The average molecular weight is 422 g/mol. The van der Waals surface area contributed by atoms with Gasteiger partial charge in [0.2, 0.25) is 0 Å². The van der Waals surface area contributed by atoms with Crippen molar-refractivity contribution in [1.29, 1.82) is 0 Å². The van der Waals surface area contributed by atoms with Gasteiger partial charge in [-0.15, -0.1) is 12.4 Å². The molecule has 30 heavy (non-hydrogen) atoms. The highest BCUT2D eigenvalue weighted by atomic mass is 35.5. The van der Waals surface area contributed by atoms with Crippen molar-refractivity contribution in [3.8, 4) is 0 Å². The topological polar surface area (TPSA) is 20.3 Å². The number of benzene rings is 3. The second-order valence-corrected chi connectivity index (χ2v) is 7.39. The number of nitrogens with zero attached hydrogens (tertiary/aromatic N) is 1. The molecule has 4 heteroatoms. The minimum Gasteiger partial charge on any atom is -0.377 e. The molecular formula is C26H25ClFNO. The Labute approximate surface area is 183 Å². The molecule has 1 aliphatic rings. The molecule has 3 aromatic rings. The molecule has 0 saturated carbocycles. The van der Waals surface area contributed by atoms with Crippen LogP contribution >= 0.6 is 12.4 Å². The van der Waals surface area contributed by atoms with Gasteiger partial charge < -0.3 is 4.90 Å². The highest BCUT2D eigenvalue weighted by molar-refractivity contribution is 5.96. The highest BCUT2D eigenvalue weighted by Gasteiger charge is 2.16. The lowest BCUT2D eigenvalue weighted by atomic mass is 9.94. The number of ketones is 1. The van der Waals surface area contributed by atoms with Crippen LogP contribution in [0.1, 0.15) is 39.9 Å². The van der Waals surface area contributed by atoms with Crippen molar-refractivity contribution < 1.29 is 9.18 Å². The molecule has 0 bridgehead atoms. The molecular weight excluding hydrogens is 397 g/mol. The Morgan fingerprint density at radius 2 is 1.60 bits per heavy atom. The number of hydrogen-bond acceptors (Lipinski definition) is 2. The van der Waals surface area contributed by atoms with Crippen LogP contribution in [0.25, 0.3) is 5.57 Å². The number of rotatable bonds is 6. The molecule has 0 unspecified atom stereocenters. The molecule has 1 aliphatic heterocycles. The number of fused-ring (bicyclic) bond motifs is 1. The summed E-state index contributed by atoms with van der Waals surface area (Å²) in [6, 6.07) is 24.8. The summed E-state index contributed by atoms with van der Waals surface area (Å²) in [5.74, 6) is -0.250. The molecule has 4 rings (SSSR count). The first-order valence-electron chi connectivity index (χ1n) is 10.1. The van der Waals surface area contributed by atoms with Crippen LogP contribution in [0, 0.1) is 5.82 Å². The van der Waals surface area contributed by atoms with Crippen LogP contribution in [0.3, 0.4) is 0 Å². The molecule has 2 nitrogen and oxygen atoms in total. The van der Waals surface area contributed by atoms with E-state index in [9.17, 15) is 9.18 Å². The number of Topliss-reactive ketones (excluding diaryl/α,β-unsaturated/α-hetero) is 1. The Balaban J connectivity index is 0.00000256.